The maximum atomic E-state index is 12.8. The summed E-state index contributed by atoms with van der Waals surface area (Å²) >= 11 is 0. The third-order valence-corrected chi connectivity index (χ3v) is 3.24. The largest absolute Gasteiger partial charge is 0.384 e. The maximum Gasteiger partial charge on any atom is 0.123 e. The van der Waals surface area contributed by atoms with Crippen molar-refractivity contribution < 1.29 is 4.39 Å². The zero-order valence-electron chi connectivity index (χ0n) is 12.1. The second kappa shape index (κ2) is 7.06. The lowest BCUT2D eigenvalue weighted by Gasteiger charge is -2.17. The van der Waals surface area contributed by atoms with E-state index in [1.165, 1.54) is 17.7 Å². The Hall–Kier alpha value is -1.87. The Bertz CT molecular complexity index is 520. The van der Waals surface area contributed by atoms with Crippen molar-refractivity contribution in [3.05, 3.63) is 65.5 Å². The molecule has 2 aromatic rings. The molecule has 0 spiro atoms. The fraction of sp³-hybridized carbons (Fsp3) is 0.294. The van der Waals surface area contributed by atoms with Gasteiger partial charge in [-0.1, -0.05) is 29.8 Å². The van der Waals surface area contributed by atoms with Crippen LogP contribution in [0.3, 0.4) is 0 Å². The number of nitrogens with one attached hydrogen (secondary N) is 1. The highest BCUT2D eigenvalue weighted by Gasteiger charge is 2.00. The molecular formula is C17H21FN2. The molecule has 2 nitrogen and oxygen atoms in total. The van der Waals surface area contributed by atoms with Crippen LogP contribution in [0.15, 0.2) is 48.5 Å². The predicted molar refractivity (Wildman–Crippen MR) is 82.4 cm³/mol. The maximum absolute atomic E-state index is 12.8. The number of anilines is 1. The molecule has 3 heteroatoms. The Morgan fingerprint density at radius 1 is 1.00 bits per heavy atom. The summed E-state index contributed by atoms with van der Waals surface area (Å²) < 4.78 is 12.8. The Labute approximate surface area is 120 Å². The van der Waals surface area contributed by atoms with Crippen LogP contribution >= 0.6 is 0 Å². The second-order valence-corrected chi connectivity index (χ2v) is 5.16. The number of nitrogens with zero attached hydrogens (tertiary/aromatic N) is 1. The second-order valence-electron chi connectivity index (χ2n) is 5.16. The molecule has 0 amide bonds. The van der Waals surface area contributed by atoms with Gasteiger partial charge in [0, 0.05) is 25.3 Å². The Balaban J connectivity index is 1.73. The molecule has 0 aliphatic heterocycles. The minimum absolute atomic E-state index is 0.183. The van der Waals surface area contributed by atoms with Crippen molar-refractivity contribution in [2.24, 2.45) is 0 Å². The summed E-state index contributed by atoms with van der Waals surface area (Å²) in [6, 6.07) is 15.1. The van der Waals surface area contributed by atoms with Crippen molar-refractivity contribution in [3.63, 3.8) is 0 Å². The van der Waals surface area contributed by atoms with Crippen molar-refractivity contribution in [2.45, 2.75) is 13.5 Å². The SMILES string of the molecule is Cc1ccc(NCCN(C)Cc2ccc(F)cc2)cc1. The lowest BCUT2D eigenvalue weighted by molar-refractivity contribution is 0.340. The minimum Gasteiger partial charge on any atom is -0.384 e. The van der Waals surface area contributed by atoms with E-state index in [0.717, 1.165) is 30.9 Å². The number of hydrogen-bond donors (Lipinski definition) is 1. The van der Waals surface area contributed by atoms with Crippen LogP contribution in [-0.2, 0) is 6.54 Å². The number of rotatable bonds is 6. The molecule has 0 atom stereocenters. The van der Waals surface area contributed by atoms with E-state index < -0.39 is 0 Å². The molecular weight excluding hydrogens is 251 g/mol. The van der Waals surface area contributed by atoms with Crippen LogP contribution in [0.2, 0.25) is 0 Å². The first kappa shape index (κ1) is 14.5. The van der Waals surface area contributed by atoms with Gasteiger partial charge in [0.25, 0.3) is 0 Å². The number of likely N-dealkylation sites (N-methyl/N-ethyl adjacent to an activating group) is 1. The molecule has 0 saturated carbocycles. The van der Waals surface area contributed by atoms with Crippen molar-refractivity contribution in [3.8, 4) is 0 Å². The fourth-order valence-corrected chi connectivity index (χ4v) is 2.04. The van der Waals surface area contributed by atoms with E-state index in [-0.39, 0.29) is 5.82 Å². The standard InChI is InChI=1S/C17H21FN2/c1-14-3-9-17(10-4-14)19-11-12-20(2)13-15-5-7-16(18)8-6-15/h3-10,19H,11-13H2,1-2H3. The van der Waals surface area contributed by atoms with Crippen molar-refractivity contribution in [1.29, 1.82) is 0 Å². The number of hydrogen-bond acceptors (Lipinski definition) is 2. The first-order valence-corrected chi connectivity index (χ1v) is 6.87. The van der Waals surface area contributed by atoms with E-state index in [1.54, 1.807) is 0 Å². The van der Waals surface area contributed by atoms with E-state index in [1.807, 2.05) is 12.1 Å². The van der Waals surface area contributed by atoms with Gasteiger partial charge in [0.15, 0.2) is 0 Å². The summed E-state index contributed by atoms with van der Waals surface area (Å²) in [4.78, 5) is 2.22. The fourth-order valence-electron chi connectivity index (χ4n) is 2.04. The van der Waals surface area contributed by atoms with Crippen LogP contribution in [0.25, 0.3) is 0 Å². The van der Waals surface area contributed by atoms with Crippen molar-refractivity contribution in [1.82, 2.24) is 4.90 Å². The smallest absolute Gasteiger partial charge is 0.123 e. The number of halogens is 1. The van der Waals surface area contributed by atoms with Gasteiger partial charge in [0.2, 0.25) is 0 Å². The molecule has 0 aliphatic carbocycles. The lowest BCUT2D eigenvalue weighted by atomic mass is 10.2. The summed E-state index contributed by atoms with van der Waals surface area (Å²) in [5.41, 5.74) is 3.54. The van der Waals surface area contributed by atoms with Crippen LogP contribution in [0.1, 0.15) is 11.1 Å². The molecule has 0 aliphatic rings. The molecule has 0 bridgehead atoms. The van der Waals surface area contributed by atoms with Crippen LogP contribution in [-0.4, -0.2) is 25.0 Å². The summed E-state index contributed by atoms with van der Waals surface area (Å²) in [5.74, 6) is -0.183. The van der Waals surface area contributed by atoms with Crippen molar-refractivity contribution >= 4 is 5.69 Å². The average molecular weight is 272 g/mol. The average Bonchev–Trinajstić information content (AvgIpc) is 2.44. The van der Waals surface area contributed by atoms with Crippen LogP contribution in [0.4, 0.5) is 10.1 Å². The van der Waals surface area contributed by atoms with Crippen LogP contribution in [0.5, 0.6) is 0 Å². The quantitative estimate of drug-likeness (QED) is 0.863. The molecule has 0 unspecified atom stereocenters. The number of benzene rings is 2. The molecule has 1 N–H and O–H groups in total. The van der Waals surface area contributed by atoms with Gasteiger partial charge in [-0.05, 0) is 43.8 Å². The van der Waals surface area contributed by atoms with Gasteiger partial charge in [-0.15, -0.1) is 0 Å². The zero-order valence-corrected chi connectivity index (χ0v) is 12.1. The first-order valence-electron chi connectivity index (χ1n) is 6.87. The molecule has 20 heavy (non-hydrogen) atoms. The summed E-state index contributed by atoms with van der Waals surface area (Å²) in [7, 11) is 2.07. The van der Waals surface area contributed by atoms with Gasteiger partial charge in [0.05, 0.1) is 0 Å². The Morgan fingerprint density at radius 3 is 2.30 bits per heavy atom. The molecule has 0 radical (unpaired) electrons. The molecule has 0 fully saturated rings. The highest BCUT2D eigenvalue weighted by atomic mass is 19.1. The normalized spacial score (nSPS) is 10.8. The van der Waals surface area contributed by atoms with Gasteiger partial charge >= 0.3 is 0 Å². The van der Waals surface area contributed by atoms with Gasteiger partial charge in [-0.3, -0.25) is 0 Å². The number of aryl methyl sites for hydroxylation is 1. The van der Waals surface area contributed by atoms with E-state index in [4.69, 9.17) is 0 Å². The van der Waals surface area contributed by atoms with Crippen molar-refractivity contribution in [2.75, 3.05) is 25.5 Å². The summed E-state index contributed by atoms with van der Waals surface area (Å²) in [5, 5.41) is 3.40. The molecule has 106 valence electrons. The van der Waals surface area contributed by atoms with Gasteiger partial charge < -0.3 is 10.2 Å². The van der Waals surface area contributed by atoms with E-state index in [2.05, 4.69) is 48.5 Å². The Kier molecular flexibility index (Phi) is 5.13. The minimum atomic E-state index is -0.183. The van der Waals surface area contributed by atoms with Crippen LogP contribution in [0, 0.1) is 12.7 Å². The third kappa shape index (κ3) is 4.67. The van der Waals surface area contributed by atoms with Crippen LogP contribution < -0.4 is 5.32 Å². The third-order valence-electron chi connectivity index (χ3n) is 3.24. The topological polar surface area (TPSA) is 15.3 Å². The lowest BCUT2D eigenvalue weighted by Crippen LogP contribution is -2.24. The highest BCUT2D eigenvalue weighted by molar-refractivity contribution is 5.44. The van der Waals surface area contributed by atoms with E-state index >= 15 is 0 Å². The monoisotopic (exact) mass is 272 g/mol. The molecule has 2 aromatic carbocycles. The summed E-state index contributed by atoms with van der Waals surface area (Å²) in [6.45, 7) is 4.74. The Morgan fingerprint density at radius 2 is 1.65 bits per heavy atom. The first-order chi connectivity index (χ1) is 9.63. The zero-order chi connectivity index (χ0) is 14.4. The molecule has 0 heterocycles. The molecule has 0 saturated heterocycles. The van der Waals surface area contributed by atoms with Gasteiger partial charge in [0.1, 0.15) is 5.82 Å². The highest BCUT2D eigenvalue weighted by Crippen LogP contribution is 2.08. The van der Waals surface area contributed by atoms with Gasteiger partial charge in [-0.2, -0.15) is 0 Å². The van der Waals surface area contributed by atoms with E-state index in [0.29, 0.717) is 0 Å². The van der Waals surface area contributed by atoms with E-state index in [9.17, 15) is 4.39 Å². The van der Waals surface area contributed by atoms with Gasteiger partial charge in [-0.25, -0.2) is 4.39 Å². The summed E-state index contributed by atoms with van der Waals surface area (Å²) in [6.07, 6.45) is 0. The predicted octanol–water partition coefficient (Wildman–Crippen LogP) is 3.68. The molecule has 2 rings (SSSR count). The molecule has 0 aromatic heterocycles.